The van der Waals surface area contributed by atoms with Crippen LogP contribution < -0.4 is 39.6 Å². The Bertz CT molecular complexity index is 1450. The van der Waals surface area contributed by atoms with Crippen molar-refractivity contribution >= 4 is 61.8 Å². The first kappa shape index (κ1) is 27.0. The molecule has 2 unspecified atom stereocenters. The second kappa shape index (κ2) is 10.4. The van der Waals surface area contributed by atoms with E-state index in [4.69, 9.17) is 17.3 Å². The third kappa shape index (κ3) is 5.16. The van der Waals surface area contributed by atoms with Gasteiger partial charge in [-0.1, -0.05) is 23.4 Å². The highest BCUT2D eigenvalue weighted by Gasteiger charge is 2.41. The summed E-state index contributed by atoms with van der Waals surface area (Å²) in [5.41, 5.74) is 6.97. The summed E-state index contributed by atoms with van der Waals surface area (Å²) < 4.78 is 30.0. The van der Waals surface area contributed by atoms with Gasteiger partial charge in [-0.2, -0.15) is 4.31 Å². The van der Waals surface area contributed by atoms with Crippen LogP contribution in [0.25, 0.3) is 10.9 Å². The molecule has 1 aromatic carbocycles. The molecule has 0 radical (unpaired) electrons. The van der Waals surface area contributed by atoms with E-state index >= 15 is 0 Å². The van der Waals surface area contributed by atoms with Crippen LogP contribution in [0.3, 0.4) is 0 Å². The fourth-order valence-corrected chi connectivity index (χ4v) is 7.26. The third-order valence-corrected chi connectivity index (χ3v) is 9.32. The molecule has 1 fully saturated rings. The molecule has 1 saturated heterocycles. The first-order valence-corrected chi connectivity index (χ1v) is 13.6. The highest BCUT2D eigenvalue weighted by Crippen LogP contribution is 2.38. The normalized spacial score (nSPS) is 20.0. The molecule has 0 saturated carbocycles. The van der Waals surface area contributed by atoms with E-state index in [0.29, 0.717) is 15.9 Å². The Kier molecular flexibility index (Phi) is 7.76. The number of primary amides is 1. The predicted molar refractivity (Wildman–Crippen MR) is 132 cm³/mol. The summed E-state index contributed by atoms with van der Waals surface area (Å²) in [5, 5.41) is 3.86. The lowest BCUT2D eigenvalue weighted by molar-refractivity contribution is -0.673. The molecular weight excluding hydrogens is 639 g/mol. The molecule has 2 atom stereocenters. The van der Waals surface area contributed by atoms with E-state index in [1.54, 1.807) is 23.1 Å². The summed E-state index contributed by atoms with van der Waals surface area (Å²) in [7, 11) is -2.00. The van der Waals surface area contributed by atoms with Crippen LogP contribution in [0.1, 0.15) is 6.42 Å². The minimum Gasteiger partial charge on any atom is -1.00 e. The number of amides is 2. The Morgan fingerprint density at radius 2 is 2.03 bits per heavy atom. The molecule has 3 aromatic rings. The van der Waals surface area contributed by atoms with Gasteiger partial charge in [0.05, 0.1) is 16.6 Å². The number of hydrogen-bond acceptors (Lipinski definition) is 6. The van der Waals surface area contributed by atoms with Crippen LogP contribution in [-0.2, 0) is 26.7 Å². The molecule has 14 heteroatoms. The molecule has 4 heterocycles. The number of halogens is 2. The van der Waals surface area contributed by atoms with Crippen molar-refractivity contribution in [1.82, 2.24) is 14.2 Å². The van der Waals surface area contributed by atoms with E-state index in [1.165, 1.54) is 22.1 Å². The molecule has 2 aromatic heterocycles. The number of benzene rings is 1. The number of piperazine rings is 1. The summed E-state index contributed by atoms with van der Waals surface area (Å²) in [6.45, 7) is 0.204. The van der Waals surface area contributed by atoms with Crippen molar-refractivity contribution in [2.24, 2.45) is 12.8 Å². The second-order valence-corrected chi connectivity index (χ2v) is 12.1. The number of fused-ring (bicyclic) bond motifs is 2. The number of aryl methyl sites for hydroxylation is 1. The molecular formula is C22H24ClIN6O4S2. The van der Waals surface area contributed by atoms with E-state index in [9.17, 15) is 18.0 Å². The summed E-state index contributed by atoms with van der Waals surface area (Å²) in [6.07, 6.45) is 3.68. The zero-order chi connectivity index (χ0) is 24.9. The average molecular weight is 663 g/mol. The lowest BCUT2D eigenvalue weighted by Crippen LogP contribution is -3.00. The Labute approximate surface area is 234 Å². The molecule has 2 aliphatic heterocycles. The number of nitrogens with two attached hydrogens (primary N) is 1. The first-order valence-electron chi connectivity index (χ1n) is 10.9. The molecule has 2 aliphatic rings. The number of nitrogens with one attached hydrogen (secondary N) is 2. The number of carbonyl (C=O) groups is 2. The monoisotopic (exact) mass is 662 g/mol. The topological polar surface area (TPSA) is 132 Å². The Hall–Kier alpha value is -2.07. The van der Waals surface area contributed by atoms with Gasteiger partial charge in [-0.3, -0.25) is 9.59 Å². The van der Waals surface area contributed by atoms with Gasteiger partial charge in [-0.15, -0.1) is 0 Å². The lowest BCUT2D eigenvalue weighted by atomic mass is 10.1. The molecule has 0 aliphatic carbocycles. The molecule has 10 nitrogen and oxygen atoms in total. The van der Waals surface area contributed by atoms with Crippen LogP contribution in [0, 0.1) is 0 Å². The lowest BCUT2D eigenvalue weighted by Gasteiger charge is -2.41. The summed E-state index contributed by atoms with van der Waals surface area (Å²) in [5.74, 6) is -0.813. The van der Waals surface area contributed by atoms with E-state index < -0.39 is 27.3 Å². The van der Waals surface area contributed by atoms with Gasteiger partial charge in [0, 0.05) is 48.0 Å². The summed E-state index contributed by atoms with van der Waals surface area (Å²) >= 11 is 7.43. The third-order valence-electron chi connectivity index (χ3n) is 6.16. The van der Waals surface area contributed by atoms with Crippen molar-refractivity contribution in [2.45, 2.75) is 27.8 Å². The molecule has 36 heavy (non-hydrogen) atoms. The van der Waals surface area contributed by atoms with Crippen LogP contribution in [-0.4, -0.2) is 65.5 Å². The van der Waals surface area contributed by atoms with E-state index in [2.05, 4.69) is 10.3 Å². The second-order valence-electron chi connectivity index (χ2n) is 8.61. The Balaban J connectivity index is 0.00000304. The number of carbonyl (C=O) groups excluding carboxylic acids is 2. The van der Waals surface area contributed by atoms with Gasteiger partial charge in [-0.25, -0.2) is 13.0 Å². The summed E-state index contributed by atoms with van der Waals surface area (Å²) in [4.78, 5) is 30.7. The maximum absolute atomic E-state index is 13.4. The van der Waals surface area contributed by atoms with E-state index in [1.807, 2.05) is 30.1 Å². The van der Waals surface area contributed by atoms with Gasteiger partial charge >= 0.3 is 0 Å². The fraction of sp³-hybridized carbons (Fsp3) is 0.318. The van der Waals surface area contributed by atoms with Crippen LogP contribution in [0.15, 0.2) is 52.6 Å². The predicted octanol–water partition coefficient (Wildman–Crippen LogP) is -1.73. The Morgan fingerprint density at radius 1 is 1.25 bits per heavy atom. The highest BCUT2D eigenvalue weighted by atomic mass is 127. The van der Waals surface area contributed by atoms with Gasteiger partial charge in [-0.05, 0) is 24.3 Å². The van der Waals surface area contributed by atoms with Crippen LogP contribution in [0.4, 0.5) is 5.69 Å². The average Bonchev–Trinajstić information content (AvgIpc) is 3.42. The van der Waals surface area contributed by atoms with Crippen molar-refractivity contribution in [3.05, 3.63) is 47.7 Å². The number of hydrogen-bond donors (Lipinski definition) is 3. The van der Waals surface area contributed by atoms with Crippen LogP contribution in [0.5, 0.6) is 0 Å². The zero-order valence-corrected chi connectivity index (χ0v) is 23.7. The number of sulfonamides is 1. The van der Waals surface area contributed by atoms with Gasteiger partial charge in [0.15, 0.2) is 17.8 Å². The minimum absolute atomic E-state index is 0. The quantitative estimate of drug-likeness (QED) is 0.220. The number of anilines is 1. The van der Waals surface area contributed by atoms with Crippen molar-refractivity contribution < 1.29 is 46.6 Å². The molecule has 0 spiro atoms. The molecule has 192 valence electrons. The van der Waals surface area contributed by atoms with E-state index in [-0.39, 0.29) is 61.0 Å². The Morgan fingerprint density at radius 3 is 2.78 bits per heavy atom. The molecule has 5 rings (SSSR count). The zero-order valence-electron chi connectivity index (χ0n) is 19.1. The number of pyridine rings is 1. The maximum atomic E-state index is 13.4. The highest BCUT2D eigenvalue weighted by molar-refractivity contribution is 8.01. The SMILES string of the molecule is C[n+]1ccc2c(c1)SC(C(=O)N1CCN(S(=O)(=O)c3cc4cc(Cl)ccc4[nH]3)CC1CC(N)=O)N2.[I-]. The van der Waals surface area contributed by atoms with E-state index in [0.717, 1.165) is 10.6 Å². The van der Waals surface area contributed by atoms with Crippen molar-refractivity contribution in [2.75, 3.05) is 25.0 Å². The standard InChI is InChI=1S/C22H23ClN6O4S2.HI/c1-27-5-4-17-18(12-27)34-21(26-17)22(31)29-7-6-28(11-15(29)10-19(24)30)35(32,33)20-9-13-8-14(23)2-3-16(13)25-20;/h2-5,8-9,12,15,21,25H,6-7,10-11H2,1H3,(H2,24,30);1H. The van der Waals surface area contributed by atoms with Gasteiger partial charge < -0.3 is 44.9 Å². The first-order chi connectivity index (χ1) is 16.6. The minimum atomic E-state index is -3.90. The van der Waals surface area contributed by atoms with Crippen molar-refractivity contribution in [1.29, 1.82) is 0 Å². The smallest absolute Gasteiger partial charge is 0.258 e. The van der Waals surface area contributed by atoms with Crippen molar-refractivity contribution in [3.63, 3.8) is 0 Å². The molecule has 2 amide bonds. The van der Waals surface area contributed by atoms with Gasteiger partial charge in [0.2, 0.25) is 5.91 Å². The van der Waals surface area contributed by atoms with Gasteiger partial charge in [0.1, 0.15) is 12.1 Å². The number of rotatable bonds is 5. The van der Waals surface area contributed by atoms with Crippen LogP contribution in [0.2, 0.25) is 5.02 Å². The summed E-state index contributed by atoms with van der Waals surface area (Å²) in [6, 6.07) is 7.83. The number of aromatic amines is 1. The number of aromatic nitrogens is 2. The molecule has 4 N–H and O–H groups in total. The number of H-pyrrole nitrogens is 1. The maximum Gasteiger partial charge on any atom is 0.258 e. The van der Waals surface area contributed by atoms with Crippen LogP contribution >= 0.6 is 23.4 Å². The number of nitrogens with zero attached hydrogens (tertiary/aromatic N) is 3. The van der Waals surface area contributed by atoms with Gasteiger partial charge in [0.25, 0.3) is 15.9 Å². The largest absolute Gasteiger partial charge is 1.00 e. The number of thioether (sulfide) groups is 1. The van der Waals surface area contributed by atoms with Crippen molar-refractivity contribution in [3.8, 4) is 0 Å². The molecule has 0 bridgehead atoms. The fourth-order valence-electron chi connectivity index (χ4n) is 4.44.